The van der Waals surface area contributed by atoms with Crippen molar-refractivity contribution in [1.82, 2.24) is 9.13 Å². The van der Waals surface area contributed by atoms with Gasteiger partial charge in [-0.25, -0.2) is 0 Å². The number of rotatable bonds is 4. The summed E-state index contributed by atoms with van der Waals surface area (Å²) in [6.45, 7) is 1.93. The van der Waals surface area contributed by atoms with E-state index in [2.05, 4.69) is 88.0 Å². The quantitative estimate of drug-likeness (QED) is 0.178. The summed E-state index contributed by atoms with van der Waals surface area (Å²) in [5.41, 5.74) is 12.6. The molecule has 0 saturated heterocycles. The molecule has 0 bridgehead atoms. The lowest BCUT2D eigenvalue weighted by Crippen LogP contribution is -2.05. The number of nitriles is 4. The second-order valence-electron chi connectivity index (χ2n) is 14.2. The molecule has 0 N–H and O–H groups in total. The summed E-state index contributed by atoms with van der Waals surface area (Å²) in [5.74, 6) is 0. The normalized spacial score (nSPS) is 10.7. The first kappa shape index (κ1) is 36.0. The van der Waals surface area contributed by atoms with Crippen LogP contribution in [0.4, 0.5) is 0 Å². The molecule has 10 rings (SSSR count). The van der Waals surface area contributed by atoms with Gasteiger partial charge in [0.2, 0.25) is 0 Å². The van der Waals surface area contributed by atoms with Gasteiger partial charge in [0, 0.05) is 27.1 Å². The summed E-state index contributed by atoms with van der Waals surface area (Å²) in [4.78, 5) is 0. The largest absolute Gasteiger partial charge is 0.308 e. The predicted molar refractivity (Wildman–Crippen MR) is 236 cm³/mol. The Bertz CT molecular complexity index is 3410. The van der Waals surface area contributed by atoms with Gasteiger partial charge in [-0.1, -0.05) is 115 Å². The topological polar surface area (TPSA) is 105 Å². The van der Waals surface area contributed by atoms with Crippen LogP contribution in [0.2, 0.25) is 0 Å². The van der Waals surface area contributed by atoms with Crippen LogP contribution in [0.25, 0.3) is 77.2 Å². The zero-order chi connectivity index (χ0) is 40.5. The zero-order valence-electron chi connectivity index (χ0n) is 31.9. The van der Waals surface area contributed by atoms with Gasteiger partial charge in [0.15, 0.2) is 0 Å². The molecular formula is C53H32N6. The Balaban J connectivity index is 0.000000444. The third-order valence-corrected chi connectivity index (χ3v) is 10.9. The highest BCUT2D eigenvalue weighted by Crippen LogP contribution is 2.43. The molecule has 8 aromatic carbocycles. The van der Waals surface area contributed by atoms with Crippen molar-refractivity contribution < 1.29 is 0 Å². The van der Waals surface area contributed by atoms with Crippen LogP contribution in [-0.4, -0.2) is 9.13 Å². The van der Waals surface area contributed by atoms with Crippen molar-refractivity contribution in [2.75, 3.05) is 0 Å². The van der Waals surface area contributed by atoms with E-state index in [0.29, 0.717) is 16.7 Å². The number of hydrogen-bond donors (Lipinski definition) is 0. The SMILES string of the molecule is Cc1ccccc1C#N.N#Cc1cccc(-c2c(-n3c4ccccc4c4ccccc43)cc(C#N)cc2-n2c3ccccc3c3ccc(-c4ccccc4C#N)cc32)c1. The lowest BCUT2D eigenvalue weighted by atomic mass is 9.96. The molecule has 2 heterocycles. The minimum Gasteiger partial charge on any atom is -0.308 e. The average Bonchev–Trinajstić information content (AvgIpc) is 3.81. The van der Waals surface area contributed by atoms with Gasteiger partial charge >= 0.3 is 0 Å². The Hall–Kier alpha value is -8.68. The second-order valence-corrected chi connectivity index (χ2v) is 14.2. The van der Waals surface area contributed by atoms with Crippen LogP contribution in [0.3, 0.4) is 0 Å². The Morgan fingerprint density at radius 3 is 1.44 bits per heavy atom. The van der Waals surface area contributed by atoms with Crippen molar-refractivity contribution in [3.63, 3.8) is 0 Å². The van der Waals surface area contributed by atoms with Crippen LogP contribution in [0, 0.1) is 52.2 Å². The highest BCUT2D eigenvalue weighted by molar-refractivity contribution is 6.12. The number of hydrogen-bond acceptors (Lipinski definition) is 4. The fraction of sp³-hybridized carbons (Fsp3) is 0.0189. The first-order chi connectivity index (χ1) is 29.0. The number of fused-ring (bicyclic) bond motifs is 6. The molecule has 0 radical (unpaired) electrons. The first-order valence-corrected chi connectivity index (χ1v) is 19.1. The fourth-order valence-corrected chi connectivity index (χ4v) is 8.18. The van der Waals surface area contributed by atoms with Crippen LogP contribution in [0.1, 0.15) is 27.8 Å². The number of nitrogens with zero attached hydrogens (tertiary/aromatic N) is 6. The standard InChI is InChI=1S/C45H25N5.C8H7N/c46-26-29-10-9-12-32(22-29)45-43(49-39-17-6-3-14-35(39)36-15-4-7-18-40(36)49)23-30(27-47)24-44(45)50-41-19-8-5-16-37(41)38-21-20-31(25-42(38)50)34-13-2-1-11-33(34)28-48;1-7-4-2-3-5-8(7)6-9/h1-25H;2-5H,1H3. The van der Waals surface area contributed by atoms with E-state index >= 15 is 0 Å². The van der Waals surface area contributed by atoms with Gasteiger partial charge in [-0.05, 0) is 89.8 Å². The van der Waals surface area contributed by atoms with Gasteiger partial charge in [-0.3, -0.25) is 0 Å². The molecule has 0 aliphatic rings. The number of aryl methyl sites for hydroxylation is 1. The van der Waals surface area contributed by atoms with Crippen molar-refractivity contribution in [3.05, 3.63) is 204 Å². The summed E-state index contributed by atoms with van der Waals surface area (Å²) in [6, 6.07) is 67.3. The van der Waals surface area contributed by atoms with Crippen LogP contribution < -0.4 is 0 Å². The summed E-state index contributed by atoms with van der Waals surface area (Å²) < 4.78 is 4.47. The van der Waals surface area contributed by atoms with Gasteiger partial charge in [0.1, 0.15) is 0 Å². The molecule has 0 atom stereocenters. The Labute approximate surface area is 341 Å². The van der Waals surface area contributed by atoms with E-state index in [4.69, 9.17) is 5.26 Å². The van der Waals surface area contributed by atoms with E-state index in [1.54, 1.807) is 0 Å². The molecule has 0 unspecified atom stereocenters. The number of aromatic nitrogens is 2. The molecule has 0 fully saturated rings. The molecule has 2 aromatic heterocycles. The van der Waals surface area contributed by atoms with Gasteiger partial charge in [-0.15, -0.1) is 0 Å². The van der Waals surface area contributed by atoms with Crippen LogP contribution in [-0.2, 0) is 0 Å². The molecule has 59 heavy (non-hydrogen) atoms. The third-order valence-electron chi connectivity index (χ3n) is 10.9. The van der Waals surface area contributed by atoms with E-state index in [1.165, 1.54) is 0 Å². The lowest BCUT2D eigenvalue weighted by Gasteiger charge is -2.21. The molecule has 6 nitrogen and oxygen atoms in total. The van der Waals surface area contributed by atoms with Crippen molar-refractivity contribution in [2.24, 2.45) is 0 Å². The van der Waals surface area contributed by atoms with Crippen LogP contribution in [0.5, 0.6) is 0 Å². The van der Waals surface area contributed by atoms with E-state index in [1.807, 2.05) is 128 Å². The fourth-order valence-electron chi connectivity index (χ4n) is 8.18. The maximum Gasteiger partial charge on any atom is 0.0998 e. The van der Waals surface area contributed by atoms with Crippen molar-refractivity contribution in [1.29, 1.82) is 21.0 Å². The van der Waals surface area contributed by atoms with E-state index < -0.39 is 0 Å². The van der Waals surface area contributed by atoms with E-state index in [-0.39, 0.29) is 0 Å². The Morgan fingerprint density at radius 2 is 0.881 bits per heavy atom. The van der Waals surface area contributed by atoms with E-state index in [9.17, 15) is 15.8 Å². The number of benzene rings is 8. The summed E-state index contributed by atoms with van der Waals surface area (Å²) >= 11 is 0. The molecule has 10 aromatic rings. The molecule has 0 aliphatic heterocycles. The summed E-state index contributed by atoms with van der Waals surface area (Å²) in [5, 5.41) is 43.4. The Morgan fingerprint density at radius 1 is 0.373 bits per heavy atom. The lowest BCUT2D eigenvalue weighted by molar-refractivity contribution is 1.13. The van der Waals surface area contributed by atoms with E-state index in [0.717, 1.165) is 88.4 Å². The molecular weight excluding hydrogens is 721 g/mol. The van der Waals surface area contributed by atoms with Gasteiger partial charge in [0.25, 0.3) is 0 Å². The van der Waals surface area contributed by atoms with Gasteiger partial charge in [0.05, 0.1) is 80.0 Å². The third kappa shape index (κ3) is 6.21. The summed E-state index contributed by atoms with van der Waals surface area (Å²) in [7, 11) is 0. The minimum absolute atomic E-state index is 0.508. The molecule has 0 aliphatic carbocycles. The first-order valence-electron chi connectivity index (χ1n) is 19.1. The average molecular weight is 753 g/mol. The maximum absolute atomic E-state index is 10.6. The van der Waals surface area contributed by atoms with Crippen molar-refractivity contribution in [3.8, 4) is 57.9 Å². The molecule has 274 valence electrons. The molecule has 6 heteroatoms. The molecule has 0 saturated carbocycles. The second kappa shape index (κ2) is 15.1. The smallest absolute Gasteiger partial charge is 0.0998 e. The van der Waals surface area contributed by atoms with Crippen molar-refractivity contribution >= 4 is 43.6 Å². The molecule has 0 spiro atoms. The van der Waals surface area contributed by atoms with Gasteiger partial charge < -0.3 is 9.13 Å². The van der Waals surface area contributed by atoms with Crippen LogP contribution in [0.15, 0.2) is 176 Å². The predicted octanol–water partition coefficient (Wildman–Crippen LogP) is 12.7. The molecule has 0 amide bonds. The highest BCUT2D eigenvalue weighted by Gasteiger charge is 2.23. The minimum atomic E-state index is 0.508. The highest BCUT2D eigenvalue weighted by atomic mass is 15.0. The monoisotopic (exact) mass is 752 g/mol. The zero-order valence-corrected chi connectivity index (χ0v) is 31.9. The van der Waals surface area contributed by atoms with Crippen LogP contribution >= 0.6 is 0 Å². The van der Waals surface area contributed by atoms with Crippen molar-refractivity contribution in [2.45, 2.75) is 6.92 Å². The number of para-hydroxylation sites is 3. The Kier molecular flexibility index (Phi) is 9.21. The summed E-state index contributed by atoms with van der Waals surface area (Å²) in [6.07, 6.45) is 0. The van der Waals surface area contributed by atoms with Gasteiger partial charge in [-0.2, -0.15) is 21.0 Å². The maximum atomic E-state index is 10.6.